The van der Waals surface area contributed by atoms with Crippen LogP contribution in [0.25, 0.3) is 17.5 Å². The van der Waals surface area contributed by atoms with Gasteiger partial charge in [0.25, 0.3) is 5.56 Å². The summed E-state index contributed by atoms with van der Waals surface area (Å²) >= 11 is 1.46. The van der Waals surface area contributed by atoms with Crippen LogP contribution < -0.4 is 24.4 Å². The highest BCUT2D eigenvalue weighted by Crippen LogP contribution is 2.42. The Balaban J connectivity index is 1.45. The molecule has 44 heavy (non-hydrogen) atoms. The maximum Gasteiger partial charge on any atom is 0.271 e. The number of hydrogen-bond acceptors (Lipinski definition) is 5. The first kappa shape index (κ1) is 28.2. The molecule has 2 aliphatic rings. The second kappa shape index (κ2) is 10.8. The minimum atomic E-state index is -0.293. The average molecular weight is 602 g/mol. The van der Waals surface area contributed by atoms with Gasteiger partial charge in [-0.3, -0.25) is 9.36 Å². The number of rotatable bonds is 5. The molecule has 0 bridgehead atoms. The van der Waals surface area contributed by atoms with E-state index in [-0.39, 0.29) is 11.6 Å². The van der Waals surface area contributed by atoms with Gasteiger partial charge in [-0.15, -0.1) is 0 Å². The van der Waals surface area contributed by atoms with Gasteiger partial charge >= 0.3 is 0 Å². The summed E-state index contributed by atoms with van der Waals surface area (Å²) in [5, 5.41) is 0. The Morgan fingerprint density at radius 3 is 2.39 bits per heavy atom. The van der Waals surface area contributed by atoms with Crippen molar-refractivity contribution in [2.24, 2.45) is 4.99 Å². The monoisotopic (exact) mass is 601 g/mol. The number of aromatic nitrogens is 2. The molecule has 1 aliphatic carbocycles. The zero-order valence-electron chi connectivity index (χ0n) is 25.9. The second-order valence-electron chi connectivity index (χ2n) is 11.6. The average Bonchev–Trinajstić information content (AvgIpc) is 3.49. The lowest BCUT2D eigenvalue weighted by Crippen LogP contribution is -2.38. The summed E-state index contributed by atoms with van der Waals surface area (Å²) in [6.45, 7) is 8.55. The summed E-state index contributed by atoms with van der Waals surface area (Å²) < 4.78 is 16.1. The molecular formula is C37H35N3O3S. The van der Waals surface area contributed by atoms with Gasteiger partial charge in [-0.05, 0) is 98.2 Å². The summed E-state index contributed by atoms with van der Waals surface area (Å²) in [5.74, 6) is 1.30. The topological polar surface area (TPSA) is 57.8 Å². The van der Waals surface area contributed by atoms with Gasteiger partial charge in [0.2, 0.25) is 0 Å². The summed E-state index contributed by atoms with van der Waals surface area (Å²) in [7, 11) is 3.28. The lowest BCUT2D eigenvalue weighted by atomic mass is 9.83. The molecule has 0 N–H and O–H groups in total. The molecule has 3 aromatic carbocycles. The number of methoxy groups -OCH3 is 2. The van der Waals surface area contributed by atoms with Crippen molar-refractivity contribution in [1.29, 1.82) is 0 Å². The molecular weight excluding hydrogens is 566 g/mol. The van der Waals surface area contributed by atoms with Crippen LogP contribution in [0.2, 0.25) is 0 Å². The molecule has 1 atom stereocenters. The number of thiazole rings is 1. The number of allylic oxidation sites excluding steroid dienone is 1. The quantitative estimate of drug-likeness (QED) is 0.236. The van der Waals surface area contributed by atoms with E-state index in [1.165, 1.54) is 33.7 Å². The summed E-state index contributed by atoms with van der Waals surface area (Å²) in [4.78, 5) is 20.3. The number of aryl methyl sites for hydroxylation is 4. The van der Waals surface area contributed by atoms with Gasteiger partial charge in [-0.25, -0.2) is 4.99 Å². The van der Waals surface area contributed by atoms with Crippen LogP contribution in [0.3, 0.4) is 0 Å². The first-order valence-electron chi connectivity index (χ1n) is 14.9. The third-order valence-electron chi connectivity index (χ3n) is 9.02. The fraction of sp³-hybridized carbons (Fsp3) is 0.243. The van der Waals surface area contributed by atoms with Gasteiger partial charge in [0.15, 0.2) is 16.3 Å². The fourth-order valence-electron chi connectivity index (χ4n) is 6.92. The third kappa shape index (κ3) is 4.37. The predicted molar refractivity (Wildman–Crippen MR) is 177 cm³/mol. The molecule has 222 valence electrons. The molecule has 1 unspecified atom stereocenters. The number of fused-ring (bicyclic) bond motifs is 3. The van der Waals surface area contributed by atoms with Crippen molar-refractivity contribution in [3.05, 3.63) is 137 Å². The van der Waals surface area contributed by atoms with Gasteiger partial charge in [-0.1, -0.05) is 59.9 Å². The van der Waals surface area contributed by atoms with Gasteiger partial charge in [0, 0.05) is 17.0 Å². The van der Waals surface area contributed by atoms with E-state index in [9.17, 15) is 4.79 Å². The number of ether oxygens (including phenoxy) is 2. The molecule has 0 saturated heterocycles. The molecule has 1 aliphatic heterocycles. The molecule has 0 radical (unpaired) electrons. The summed E-state index contributed by atoms with van der Waals surface area (Å²) in [5.41, 5.74) is 12.4. The Bertz CT molecular complexity index is 2160. The van der Waals surface area contributed by atoms with Gasteiger partial charge in [-0.2, -0.15) is 0 Å². The highest BCUT2D eigenvalue weighted by atomic mass is 32.1. The Morgan fingerprint density at radius 2 is 1.64 bits per heavy atom. The van der Waals surface area contributed by atoms with E-state index in [1.807, 2.05) is 28.8 Å². The van der Waals surface area contributed by atoms with Crippen molar-refractivity contribution in [1.82, 2.24) is 9.13 Å². The summed E-state index contributed by atoms with van der Waals surface area (Å²) in [6.07, 6.45) is 3.78. The molecule has 6 nitrogen and oxygen atoms in total. The standard InChI is InChI=1S/C37H35N3O3S/c1-21-10-9-11-22(2)34(21)39-23(3)18-27(24(39)4)20-32-36(41)40-35(26-15-17-30(42-5)31(19-26)43-6)29-16-14-25-12-7-8-13-28(25)33(29)38-37(40)44-32/h7-13,15,17-20,35H,14,16H2,1-6H3/b32-20+. The van der Waals surface area contributed by atoms with Crippen LogP contribution >= 0.6 is 11.3 Å². The van der Waals surface area contributed by atoms with Crippen LogP contribution in [0, 0.1) is 27.7 Å². The molecule has 0 amide bonds. The number of nitrogens with zero attached hydrogens (tertiary/aromatic N) is 3. The normalized spacial score (nSPS) is 15.9. The number of hydrogen-bond donors (Lipinski definition) is 0. The minimum absolute atomic E-state index is 0.0316. The van der Waals surface area contributed by atoms with E-state index < -0.39 is 0 Å². The van der Waals surface area contributed by atoms with E-state index in [2.05, 4.69) is 80.8 Å². The third-order valence-corrected chi connectivity index (χ3v) is 10.00. The van der Waals surface area contributed by atoms with E-state index >= 15 is 0 Å². The van der Waals surface area contributed by atoms with Crippen LogP contribution in [-0.4, -0.2) is 23.4 Å². The lowest BCUT2D eigenvalue weighted by molar-refractivity contribution is 0.354. The SMILES string of the molecule is COc1ccc(C2C3=C(N=c4s/c(=C/c5cc(C)n(-c6c(C)cccc6C)c5C)c(=O)n42)c2ccccc2CC3)cc1OC. The zero-order valence-corrected chi connectivity index (χ0v) is 26.7. The molecule has 0 saturated carbocycles. The minimum Gasteiger partial charge on any atom is -0.493 e. The first-order chi connectivity index (χ1) is 21.3. The van der Waals surface area contributed by atoms with Crippen LogP contribution in [0.4, 0.5) is 0 Å². The van der Waals surface area contributed by atoms with Crippen LogP contribution in [0.5, 0.6) is 11.5 Å². The number of benzene rings is 3. The molecule has 2 aromatic heterocycles. The van der Waals surface area contributed by atoms with Crippen molar-refractivity contribution in [3.8, 4) is 17.2 Å². The molecule has 7 heteroatoms. The van der Waals surface area contributed by atoms with Crippen molar-refractivity contribution in [2.45, 2.75) is 46.6 Å². The predicted octanol–water partition coefficient (Wildman–Crippen LogP) is 6.36. The van der Waals surface area contributed by atoms with Crippen molar-refractivity contribution in [3.63, 3.8) is 0 Å². The second-order valence-corrected chi connectivity index (χ2v) is 12.6. The van der Waals surface area contributed by atoms with Gasteiger partial charge in [0.1, 0.15) is 0 Å². The van der Waals surface area contributed by atoms with Crippen LogP contribution in [-0.2, 0) is 6.42 Å². The Labute approximate surface area is 260 Å². The Hall–Kier alpha value is -4.62. The largest absolute Gasteiger partial charge is 0.493 e. The molecule has 7 rings (SSSR count). The molecule has 3 heterocycles. The Kier molecular flexibility index (Phi) is 6.93. The maximum absolute atomic E-state index is 14.4. The van der Waals surface area contributed by atoms with E-state index in [0.717, 1.165) is 52.2 Å². The van der Waals surface area contributed by atoms with Gasteiger partial charge < -0.3 is 14.0 Å². The zero-order chi connectivity index (χ0) is 30.7. The Morgan fingerprint density at radius 1 is 0.886 bits per heavy atom. The van der Waals surface area contributed by atoms with E-state index in [1.54, 1.807) is 14.2 Å². The fourth-order valence-corrected chi connectivity index (χ4v) is 7.91. The van der Waals surface area contributed by atoms with Crippen molar-refractivity contribution < 1.29 is 9.47 Å². The van der Waals surface area contributed by atoms with E-state index in [0.29, 0.717) is 20.8 Å². The van der Waals surface area contributed by atoms with Crippen molar-refractivity contribution >= 4 is 23.1 Å². The highest BCUT2D eigenvalue weighted by molar-refractivity contribution is 7.07. The maximum atomic E-state index is 14.4. The van der Waals surface area contributed by atoms with E-state index in [4.69, 9.17) is 14.5 Å². The first-order valence-corrected chi connectivity index (χ1v) is 15.7. The smallest absolute Gasteiger partial charge is 0.271 e. The molecule has 0 spiro atoms. The lowest BCUT2D eigenvalue weighted by Gasteiger charge is -2.31. The van der Waals surface area contributed by atoms with Crippen molar-refractivity contribution in [2.75, 3.05) is 14.2 Å². The molecule has 5 aromatic rings. The number of para-hydroxylation sites is 1. The highest BCUT2D eigenvalue weighted by Gasteiger charge is 2.33. The molecule has 0 fully saturated rings. The van der Waals surface area contributed by atoms with Crippen LogP contribution in [0.1, 0.15) is 57.2 Å². The van der Waals surface area contributed by atoms with Crippen LogP contribution in [0.15, 0.2) is 82.1 Å². The van der Waals surface area contributed by atoms with Gasteiger partial charge in [0.05, 0.1) is 36.2 Å². The summed E-state index contributed by atoms with van der Waals surface area (Å²) in [6, 6.07) is 22.7.